The van der Waals surface area contributed by atoms with Gasteiger partial charge in [0, 0.05) is 23.4 Å². The number of nitrogens with one attached hydrogen (secondary N) is 1. The summed E-state index contributed by atoms with van der Waals surface area (Å²) in [5.41, 5.74) is 3.44. The fourth-order valence-electron chi connectivity index (χ4n) is 2.59. The normalized spacial score (nSPS) is 14.1. The van der Waals surface area contributed by atoms with Gasteiger partial charge in [0.15, 0.2) is 5.13 Å². The molecule has 1 aromatic heterocycles. The molecule has 2 aromatic rings. The van der Waals surface area contributed by atoms with Gasteiger partial charge in [-0.05, 0) is 24.1 Å². The summed E-state index contributed by atoms with van der Waals surface area (Å²) in [5, 5.41) is 5.25. The van der Waals surface area contributed by atoms with Crippen molar-refractivity contribution in [3.05, 3.63) is 29.1 Å². The standard InChI is InChI=1S/C16H19N3O3S2/c1-10(2)15(20)18-16-17-13(9-23-16)11-4-5-14-12(8-11)6-7-19(14)24(3,21)22/h4-5,8-10H,6-7H2,1-3H3,(H,17,18,20). The number of aromatic nitrogens is 1. The van der Waals surface area contributed by atoms with Gasteiger partial charge in [-0.2, -0.15) is 0 Å². The highest BCUT2D eigenvalue weighted by Crippen LogP contribution is 2.34. The Hall–Kier alpha value is -1.93. The molecule has 1 aliphatic heterocycles. The van der Waals surface area contributed by atoms with Gasteiger partial charge in [-0.15, -0.1) is 11.3 Å². The summed E-state index contributed by atoms with van der Waals surface area (Å²) >= 11 is 1.38. The summed E-state index contributed by atoms with van der Waals surface area (Å²) in [6, 6.07) is 5.67. The molecule has 0 unspecified atom stereocenters. The fourth-order valence-corrected chi connectivity index (χ4v) is 4.27. The topological polar surface area (TPSA) is 79.4 Å². The van der Waals surface area contributed by atoms with Crippen LogP contribution in [0.1, 0.15) is 19.4 Å². The van der Waals surface area contributed by atoms with E-state index in [-0.39, 0.29) is 11.8 Å². The maximum Gasteiger partial charge on any atom is 0.232 e. The van der Waals surface area contributed by atoms with Crippen LogP contribution in [0.25, 0.3) is 11.3 Å². The lowest BCUT2D eigenvalue weighted by atomic mass is 10.1. The number of nitrogens with zero attached hydrogens (tertiary/aromatic N) is 2. The number of amides is 1. The number of carbonyl (C=O) groups excluding carboxylic acids is 1. The number of sulfonamides is 1. The summed E-state index contributed by atoms with van der Waals surface area (Å²) < 4.78 is 25.0. The molecule has 1 aliphatic rings. The smallest absolute Gasteiger partial charge is 0.232 e. The zero-order chi connectivity index (χ0) is 17.5. The molecule has 0 spiro atoms. The van der Waals surface area contributed by atoms with E-state index in [9.17, 15) is 13.2 Å². The molecule has 128 valence electrons. The maximum atomic E-state index is 11.8. The molecule has 1 N–H and O–H groups in total. The highest BCUT2D eigenvalue weighted by Gasteiger charge is 2.26. The molecule has 0 atom stereocenters. The van der Waals surface area contributed by atoms with Crippen molar-refractivity contribution < 1.29 is 13.2 Å². The molecule has 1 amide bonds. The second-order valence-corrected chi connectivity index (χ2v) is 8.88. The Morgan fingerprint density at radius 2 is 2.12 bits per heavy atom. The van der Waals surface area contributed by atoms with Gasteiger partial charge in [-0.1, -0.05) is 19.9 Å². The molecule has 1 aromatic carbocycles. The maximum absolute atomic E-state index is 11.8. The summed E-state index contributed by atoms with van der Waals surface area (Å²) in [7, 11) is -3.24. The van der Waals surface area contributed by atoms with E-state index in [2.05, 4.69) is 10.3 Å². The van der Waals surface area contributed by atoms with Crippen LogP contribution in [-0.2, 0) is 21.2 Å². The Balaban J connectivity index is 1.85. The van der Waals surface area contributed by atoms with Crippen LogP contribution in [0, 0.1) is 5.92 Å². The minimum Gasteiger partial charge on any atom is -0.302 e. The first kappa shape index (κ1) is 16.9. The Morgan fingerprint density at radius 3 is 2.79 bits per heavy atom. The average molecular weight is 365 g/mol. The van der Waals surface area contributed by atoms with E-state index in [1.807, 2.05) is 37.4 Å². The second-order valence-electron chi connectivity index (χ2n) is 6.11. The number of hydrogen-bond acceptors (Lipinski definition) is 5. The average Bonchev–Trinajstić information content (AvgIpc) is 3.11. The van der Waals surface area contributed by atoms with E-state index in [4.69, 9.17) is 0 Å². The molecular weight excluding hydrogens is 346 g/mol. The number of fused-ring (bicyclic) bond motifs is 1. The third-order valence-electron chi connectivity index (χ3n) is 3.89. The van der Waals surface area contributed by atoms with Crippen molar-refractivity contribution in [3.63, 3.8) is 0 Å². The first-order chi connectivity index (χ1) is 11.3. The van der Waals surface area contributed by atoms with E-state index >= 15 is 0 Å². The summed E-state index contributed by atoms with van der Waals surface area (Å²) in [5.74, 6) is -0.159. The van der Waals surface area contributed by atoms with Gasteiger partial charge in [-0.25, -0.2) is 13.4 Å². The molecular formula is C16H19N3O3S2. The van der Waals surface area contributed by atoms with Crippen LogP contribution in [0.2, 0.25) is 0 Å². The zero-order valence-electron chi connectivity index (χ0n) is 13.7. The molecule has 8 heteroatoms. The molecule has 0 fully saturated rings. The van der Waals surface area contributed by atoms with E-state index in [0.717, 1.165) is 22.5 Å². The van der Waals surface area contributed by atoms with Crippen molar-refractivity contribution >= 4 is 38.1 Å². The molecule has 2 heterocycles. The van der Waals surface area contributed by atoms with Crippen LogP contribution in [0.4, 0.5) is 10.8 Å². The molecule has 0 saturated heterocycles. The highest BCUT2D eigenvalue weighted by molar-refractivity contribution is 7.92. The Labute approximate surface area is 145 Å². The van der Waals surface area contributed by atoms with Crippen molar-refractivity contribution in [1.29, 1.82) is 0 Å². The van der Waals surface area contributed by atoms with Crippen LogP contribution in [-0.4, -0.2) is 32.1 Å². The van der Waals surface area contributed by atoms with E-state index in [1.54, 1.807) is 0 Å². The van der Waals surface area contributed by atoms with E-state index in [0.29, 0.717) is 18.1 Å². The van der Waals surface area contributed by atoms with Gasteiger partial charge in [0.05, 0.1) is 17.6 Å². The van der Waals surface area contributed by atoms with Crippen LogP contribution in [0.5, 0.6) is 0 Å². The Kier molecular flexibility index (Phi) is 4.35. The van der Waals surface area contributed by atoms with Crippen LogP contribution in [0.15, 0.2) is 23.6 Å². The highest BCUT2D eigenvalue weighted by atomic mass is 32.2. The van der Waals surface area contributed by atoms with Crippen molar-refractivity contribution in [1.82, 2.24) is 4.98 Å². The molecule has 0 saturated carbocycles. The van der Waals surface area contributed by atoms with Crippen molar-refractivity contribution in [2.45, 2.75) is 20.3 Å². The van der Waals surface area contributed by atoms with Crippen molar-refractivity contribution in [2.75, 3.05) is 22.4 Å². The molecule has 0 bridgehead atoms. The van der Waals surface area contributed by atoms with E-state index < -0.39 is 10.0 Å². The zero-order valence-corrected chi connectivity index (χ0v) is 15.4. The van der Waals surface area contributed by atoms with Gasteiger partial charge in [0.25, 0.3) is 0 Å². The van der Waals surface area contributed by atoms with E-state index in [1.165, 1.54) is 21.9 Å². The predicted octanol–water partition coefficient (Wildman–Crippen LogP) is 2.73. The largest absolute Gasteiger partial charge is 0.302 e. The quantitative estimate of drug-likeness (QED) is 0.903. The lowest BCUT2D eigenvalue weighted by Crippen LogP contribution is -2.27. The number of rotatable bonds is 4. The Bertz CT molecular complexity index is 888. The van der Waals surface area contributed by atoms with Gasteiger partial charge < -0.3 is 5.32 Å². The third kappa shape index (κ3) is 3.29. The first-order valence-electron chi connectivity index (χ1n) is 7.63. The van der Waals surface area contributed by atoms with Crippen molar-refractivity contribution in [3.8, 4) is 11.3 Å². The van der Waals surface area contributed by atoms with Gasteiger partial charge >= 0.3 is 0 Å². The number of anilines is 2. The molecule has 3 rings (SSSR count). The number of carbonyl (C=O) groups is 1. The molecule has 0 aliphatic carbocycles. The number of hydrogen-bond donors (Lipinski definition) is 1. The fraction of sp³-hybridized carbons (Fsp3) is 0.375. The SMILES string of the molecule is CC(C)C(=O)Nc1nc(-c2ccc3c(c2)CCN3S(C)(=O)=O)cs1. The van der Waals surface area contributed by atoms with Crippen LogP contribution in [0.3, 0.4) is 0 Å². The van der Waals surface area contributed by atoms with Gasteiger partial charge in [0.1, 0.15) is 0 Å². The van der Waals surface area contributed by atoms with Crippen molar-refractivity contribution in [2.24, 2.45) is 5.92 Å². The monoisotopic (exact) mass is 365 g/mol. The Morgan fingerprint density at radius 1 is 1.38 bits per heavy atom. The minimum atomic E-state index is -3.24. The van der Waals surface area contributed by atoms with Crippen LogP contribution >= 0.6 is 11.3 Å². The minimum absolute atomic E-state index is 0.0614. The lowest BCUT2D eigenvalue weighted by Gasteiger charge is -2.16. The van der Waals surface area contributed by atoms with Crippen LogP contribution < -0.4 is 9.62 Å². The molecule has 6 nitrogen and oxygen atoms in total. The van der Waals surface area contributed by atoms with Gasteiger partial charge in [0.2, 0.25) is 15.9 Å². The molecule has 24 heavy (non-hydrogen) atoms. The number of thiazole rings is 1. The predicted molar refractivity (Wildman–Crippen MR) is 96.9 cm³/mol. The summed E-state index contributed by atoms with van der Waals surface area (Å²) in [6.07, 6.45) is 1.91. The summed E-state index contributed by atoms with van der Waals surface area (Å²) in [6.45, 7) is 4.14. The molecule has 0 radical (unpaired) electrons. The second kappa shape index (κ2) is 6.18. The third-order valence-corrected chi connectivity index (χ3v) is 5.82. The van der Waals surface area contributed by atoms with Gasteiger partial charge in [-0.3, -0.25) is 9.10 Å². The number of benzene rings is 1. The first-order valence-corrected chi connectivity index (χ1v) is 10.4. The lowest BCUT2D eigenvalue weighted by molar-refractivity contribution is -0.118. The summed E-state index contributed by atoms with van der Waals surface area (Å²) in [4.78, 5) is 16.2.